The van der Waals surface area contributed by atoms with Gasteiger partial charge in [0.2, 0.25) is 23.7 Å². The highest BCUT2D eigenvalue weighted by Crippen LogP contribution is 2.51. The second kappa shape index (κ2) is 9.45. The van der Waals surface area contributed by atoms with Crippen molar-refractivity contribution < 1.29 is 24.3 Å². The molecule has 0 saturated carbocycles. The second-order valence-electron chi connectivity index (χ2n) is 9.25. The average Bonchev–Trinajstić information content (AvgIpc) is 3.46. The van der Waals surface area contributed by atoms with Crippen molar-refractivity contribution in [3.05, 3.63) is 10.6 Å². The number of nitrogen functional groups attached to an aromatic ring is 1. The summed E-state index contributed by atoms with van der Waals surface area (Å²) >= 11 is 1.42. The minimum Gasteiger partial charge on any atom is -0.477 e. The maximum Gasteiger partial charge on any atom is 0.353 e. The number of amides is 3. The van der Waals surface area contributed by atoms with Crippen LogP contribution in [-0.4, -0.2) is 103 Å². The van der Waals surface area contributed by atoms with E-state index in [0.717, 1.165) is 4.68 Å². The van der Waals surface area contributed by atoms with Crippen LogP contribution < -0.4 is 16.4 Å². The fourth-order valence-corrected chi connectivity index (χ4v) is 6.50. The first-order chi connectivity index (χ1) is 16.5. The van der Waals surface area contributed by atoms with Crippen LogP contribution in [0, 0.1) is 11.8 Å². The molecule has 1 aromatic heterocycles. The van der Waals surface area contributed by atoms with Crippen molar-refractivity contribution in [1.29, 1.82) is 0 Å². The van der Waals surface area contributed by atoms with Crippen LogP contribution >= 0.6 is 11.8 Å². The van der Waals surface area contributed by atoms with Crippen LogP contribution in [0.3, 0.4) is 0 Å². The monoisotopic (exact) mass is 507 g/mol. The van der Waals surface area contributed by atoms with Crippen LogP contribution in [-0.2, 0) is 25.7 Å². The quantitative estimate of drug-likeness (QED) is 0.287. The smallest absolute Gasteiger partial charge is 0.353 e. The van der Waals surface area contributed by atoms with Crippen LogP contribution in [0.5, 0.6) is 0 Å². The van der Waals surface area contributed by atoms with Gasteiger partial charge in [-0.25, -0.2) is 9.48 Å². The summed E-state index contributed by atoms with van der Waals surface area (Å²) in [7, 11) is 3.39. The number of aliphatic carboxylic acids is 1. The number of nitrogens with two attached hydrogens (primary N) is 1. The Kier molecular flexibility index (Phi) is 6.73. The summed E-state index contributed by atoms with van der Waals surface area (Å²) in [6.45, 7) is 3.98. The van der Waals surface area contributed by atoms with Gasteiger partial charge in [0, 0.05) is 42.8 Å². The SMILES string of the molecule is C[C@@H](NC(=O)Cn1nnnc1N)[C@H]1C(=O)N2C(C(=O)O)=C(S[C@@H]3CN[C@H](C(=O)N(C)C)C3)[C@H](C)[C@H]12. The molecule has 5 N–H and O–H groups in total. The lowest BCUT2D eigenvalue weighted by Crippen LogP contribution is -2.66. The molecule has 35 heavy (non-hydrogen) atoms. The van der Waals surface area contributed by atoms with E-state index in [9.17, 15) is 24.3 Å². The summed E-state index contributed by atoms with van der Waals surface area (Å²) < 4.78 is 1.14. The number of hydrogen-bond acceptors (Lipinski definition) is 10. The molecule has 4 rings (SSSR count). The van der Waals surface area contributed by atoms with Crippen LogP contribution in [0.2, 0.25) is 0 Å². The molecule has 3 amide bonds. The Morgan fingerprint density at radius 1 is 1.37 bits per heavy atom. The zero-order valence-electron chi connectivity index (χ0n) is 19.8. The Bertz CT molecular complexity index is 1090. The Hall–Kier alpha value is -3.20. The van der Waals surface area contributed by atoms with Gasteiger partial charge in [0.05, 0.1) is 18.0 Å². The molecular weight excluding hydrogens is 478 g/mol. The van der Waals surface area contributed by atoms with E-state index in [1.165, 1.54) is 21.6 Å². The number of aromatic nitrogens is 4. The van der Waals surface area contributed by atoms with E-state index in [-0.39, 0.29) is 53.3 Å². The van der Waals surface area contributed by atoms with E-state index in [1.54, 1.807) is 21.0 Å². The lowest BCUT2D eigenvalue weighted by molar-refractivity contribution is -0.158. The third kappa shape index (κ3) is 4.45. The molecule has 14 nitrogen and oxygen atoms in total. The number of likely N-dealkylation sites (N-methyl/N-ethyl adjacent to an activating group) is 1. The van der Waals surface area contributed by atoms with Gasteiger partial charge in [-0.1, -0.05) is 12.0 Å². The maximum absolute atomic E-state index is 13.0. The van der Waals surface area contributed by atoms with Gasteiger partial charge in [-0.2, -0.15) is 0 Å². The molecule has 0 spiro atoms. The molecule has 4 heterocycles. The molecule has 0 aromatic carbocycles. The first-order valence-corrected chi connectivity index (χ1v) is 12.1. The van der Waals surface area contributed by atoms with E-state index in [4.69, 9.17) is 5.73 Å². The number of β-lactam (4-membered cyclic amide) rings is 1. The van der Waals surface area contributed by atoms with E-state index in [1.807, 2.05) is 6.92 Å². The van der Waals surface area contributed by atoms with Gasteiger partial charge in [0.1, 0.15) is 12.2 Å². The van der Waals surface area contributed by atoms with Gasteiger partial charge in [-0.3, -0.25) is 14.4 Å². The third-order valence-electron chi connectivity index (χ3n) is 6.69. The number of carbonyl (C=O) groups is 4. The number of carboxylic acids is 1. The minimum absolute atomic E-state index is 0.00169. The normalized spacial score (nSPS) is 28.5. The molecule has 190 valence electrons. The number of carboxylic acid groups (broad SMARTS) is 1. The predicted molar refractivity (Wildman–Crippen MR) is 124 cm³/mol. The van der Waals surface area contributed by atoms with E-state index >= 15 is 0 Å². The molecule has 0 aliphatic carbocycles. The molecule has 1 aromatic rings. The average molecular weight is 508 g/mol. The number of fused-ring (bicyclic) bond motifs is 1. The molecule has 3 aliphatic heterocycles. The highest BCUT2D eigenvalue weighted by molar-refractivity contribution is 8.03. The summed E-state index contributed by atoms with van der Waals surface area (Å²) in [5, 5.41) is 26.5. The zero-order valence-corrected chi connectivity index (χ0v) is 20.7. The number of anilines is 1. The first kappa shape index (κ1) is 24.9. The Morgan fingerprint density at radius 3 is 2.69 bits per heavy atom. The largest absolute Gasteiger partial charge is 0.477 e. The zero-order chi connectivity index (χ0) is 25.6. The number of thioether (sulfide) groups is 1. The fourth-order valence-electron chi connectivity index (χ4n) is 5.02. The summed E-state index contributed by atoms with van der Waals surface area (Å²) in [6, 6.07) is -1.23. The van der Waals surface area contributed by atoms with Gasteiger partial charge >= 0.3 is 5.97 Å². The van der Waals surface area contributed by atoms with Crippen molar-refractivity contribution in [2.24, 2.45) is 11.8 Å². The predicted octanol–water partition coefficient (Wildman–Crippen LogP) is -1.92. The Balaban J connectivity index is 1.44. The second-order valence-corrected chi connectivity index (χ2v) is 10.6. The summed E-state index contributed by atoms with van der Waals surface area (Å²) in [5.41, 5.74) is 5.59. The minimum atomic E-state index is -1.16. The molecular formula is C20H29N9O5S. The number of nitrogens with zero attached hydrogens (tertiary/aromatic N) is 6. The highest BCUT2D eigenvalue weighted by atomic mass is 32.2. The van der Waals surface area contributed by atoms with Gasteiger partial charge < -0.3 is 31.3 Å². The van der Waals surface area contributed by atoms with Gasteiger partial charge in [-0.05, 0) is 23.8 Å². The van der Waals surface area contributed by atoms with E-state index < -0.39 is 23.8 Å². The molecule has 0 radical (unpaired) electrons. The third-order valence-corrected chi connectivity index (χ3v) is 8.21. The summed E-state index contributed by atoms with van der Waals surface area (Å²) in [4.78, 5) is 53.4. The van der Waals surface area contributed by atoms with Gasteiger partial charge in [0.15, 0.2) is 0 Å². The number of hydrogen-bond donors (Lipinski definition) is 4. The Labute approximate surface area is 205 Å². The van der Waals surface area contributed by atoms with Crippen molar-refractivity contribution in [2.75, 3.05) is 26.4 Å². The molecule has 2 saturated heterocycles. The topological polar surface area (TPSA) is 189 Å². The lowest BCUT2D eigenvalue weighted by atomic mass is 9.78. The molecule has 0 bridgehead atoms. The van der Waals surface area contributed by atoms with Crippen molar-refractivity contribution in [3.8, 4) is 0 Å². The molecule has 6 atom stereocenters. The van der Waals surface area contributed by atoms with Crippen molar-refractivity contribution in [3.63, 3.8) is 0 Å². The van der Waals surface area contributed by atoms with Crippen LogP contribution in [0.1, 0.15) is 20.3 Å². The lowest BCUT2D eigenvalue weighted by Gasteiger charge is -2.47. The number of tetrazole rings is 1. The van der Waals surface area contributed by atoms with Crippen molar-refractivity contribution in [2.45, 2.75) is 50.2 Å². The molecule has 2 fully saturated rings. The van der Waals surface area contributed by atoms with E-state index in [2.05, 4.69) is 26.2 Å². The number of carbonyl (C=O) groups excluding carboxylic acids is 3. The van der Waals surface area contributed by atoms with Crippen molar-refractivity contribution >= 4 is 41.4 Å². The molecule has 3 aliphatic rings. The first-order valence-electron chi connectivity index (χ1n) is 11.2. The van der Waals surface area contributed by atoms with Crippen LogP contribution in [0.15, 0.2) is 10.6 Å². The van der Waals surface area contributed by atoms with Gasteiger partial charge in [0.25, 0.3) is 0 Å². The molecule has 15 heteroatoms. The Morgan fingerprint density at radius 2 is 2.09 bits per heavy atom. The van der Waals surface area contributed by atoms with Crippen LogP contribution in [0.25, 0.3) is 0 Å². The standard InChI is InChI=1S/C20H29N9O5S/c1-8-14-13(9(2)23-12(30)7-28-20(21)24-25-26-28)18(32)29(14)15(19(33)34)16(8)35-10-5-11(22-6-10)17(31)27(3)4/h8-11,13-14,22H,5-7H2,1-4H3,(H,23,30)(H,33,34)(H2,21,24,26)/t8-,9-,10+,11+,13-,14-/m1/s1. The van der Waals surface area contributed by atoms with Gasteiger partial charge in [-0.15, -0.1) is 11.8 Å². The van der Waals surface area contributed by atoms with Crippen LogP contribution in [0.4, 0.5) is 5.95 Å². The van der Waals surface area contributed by atoms with E-state index in [0.29, 0.717) is 17.9 Å². The van der Waals surface area contributed by atoms with Crippen molar-refractivity contribution in [1.82, 2.24) is 40.6 Å². The highest BCUT2D eigenvalue weighted by Gasteiger charge is 2.60. The summed E-state index contributed by atoms with van der Waals surface area (Å²) in [5.74, 6) is -2.74. The fraction of sp³-hybridized carbons (Fsp3) is 0.650. The summed E-state index contributed by atoms with van der Waals surface area (Å²) in [6.07, 6.45) is 0.569. The number of rotatable bonds is 8. The number of nitrogens with one attached hydrogen (secondary N) is 2. The molecule has 0 unspecified atom stereocenters. The maximum atomic E-state index is 13.0.